The number of ether oxygens (including phenoxy) is 1. The van der Waals surface area contributed by atoms with Crippen LogP contribution >= 0.6 is 0 Å². The first-order chi connectivity index (χ1) is 10.0. The van der Waals surface area contributed by atoms with Crippen molar-refractivity contribution in [2.45, 2.75) is 31.8 Å². The Morgan fingerprint density at radius 3 is 2.57 bits per heavy atom. The number of para-hydroxylation sites is 1. The molecule has 0 bridgehead atoms. The first-order valence-corrected chi connectivity index (χ1v) is 6.85. The minimum absolute atomic E-state index is 0.177. The SMILES string of the molecule is CC(=O)c1cc(OC2(C(=O)O)CCC2)c2ccccc2n1. The molecule has 1 saturated carbocycles. The Labute approximate surface area is 121 Å². The molecule has 5 nitrogen and oxygen atoms in total. The van der Waals surface area contributed by atoms with Gasteiger partial charge in [0.25, 0.3) is 0 Å². The molecular formula is C16H15NO4. The average Bonchev–Trinajstić information content (AvgIpc) is 2.41. The number of nitrogens with zero attached hydrogens (tertiary/aromatic N) is 1. The average molecular weight is 285 g/mol. The van der Waals surface area contributed by atoms with E-state index >= 15 is 0 Å². The maximum atomic E-state index is 11.6. The van der Waals surface area contributed by atoms with Gasteiger partial charge in [-0.15, -0.1) is 0 Å². The summed E-state index contributed by atoms with van der Waals surface area (Å²) in [6, 6.07) is 8.78. The first-order valence-electron chi connectivity index (χ1n) is 6.85. The second-order valence-corrected chi connectivity index (χ2v) is 5.33. The number of carboxylic acids is 1. The molecule has 0 saturated heterocycles. The van der Waals surface area contributed by atoms with E-state index in [2.05, 4.69) is 4.98 Å². The van der Waals surface area contributed by atoms with Crippen molar-refractivity contribution in [2.24, 2.45) is 0 Å². The van der Waals surface area contributed by atoms with Crippen LogP contribution in [0.3, 0.4) is 0 Å². The van der Waals surface area contributed by atoms with Crippen LogP contribution in [0, 0.1) is 0 Å². The van der Waals surface area contributed by atoms with Crippen molar-refractivity contribution in [1.82, 2.24) is 4.98 Å². The molecule has 0 spiro atoms. The van der Waals surface area contributed by atoms with Gasteiger partial charge >= 0.3 is 5.97 Å². The molecule has 0 atom stereocenters. The molecular weight excluding hydrogens is 270 g/mol. The Hall–Kier alpha value is -2.43. The maximum absolute atomic E-state index is 11.6. The Balaban J connectivity index is 2.12. The number of Topliss-reactive ketones (excluding diaryl/α,β-unsaturated/α-hetero) is 1. The number of aromatic nitrogens is 1. The Morgan fingerprint density at radius 1 is 1.29 bits per heavy atom. The molecule has 1 aromatic carbocycles. The van der Waals surface area contributed by atoms with Gasteiger partial charge in [-0.25, -0.2) is 9.78 Å². The van der Waals surface area contributed by atoms with Crippen molar-refractivity contribution in [3.8, 4) is 5.75 Å². The van der Waals surface area contributed by atoms with Crippen LogP contribution in [0.1, 0.15) is 36.7 Å². The fraction of sp³-hybridized carbons (Fsp3) is 0.312. The molecule has 21 heavy (non-hydrogen) atoms. The van der Waals surface area contributed by atoms with Gasteiger partial charge in [-0.3, -0.25) is 4.79 Å². The lowest BCUT2D eigenvalue weighted by Crippen LogP contribution is -2.50. The minimum atomic E-state index is -1.17. The van der Waals surface area contributed by atoms with Gasteiger partial charge in [0.2, 0.25) is 5.60 Å². The minimum Gasteiger partial charge on any atom is -0.478 e. The molecule has 1 aliphatic carbocycles. The number of pyridine rings is 1. The normalized spacial score (nSPS) is 16.2. The van der Waals surface area contributed by atoms with E-state index in [1.165, 1.54) is 13.0 Å². The van der Waals surface area contributed by atoms with Crippen LogP contribution in [0.5, 0.6) is 5.75 Å². The monoisotopic (exact) mass is 285 g/mol. The van der Waals surface area contributed by atoms with E-state index in [4.69, 9.17) is 4.74 Å². The van der Waals surface area contributed by atoms with E-state index < -0.39 is 11.6 Å². The molecule has 0 aliphatic heterocycles. The van der Waals surface area contributed by atoms with Gasteiger partial charge in [0, 0.05) is 18.4 Å². The van der Waals surface area contributed by atoms with Gasteiger partial charge < -0.3 is 9.84 Å². The third-order valence-electron chi connectivity index (χ3n) is 3.90. The standard InChI is InChI=1S/C16H15NO4/c1-10(18)13-9-14(11-5-2-3-6-12(11)17-13)21-16(15(19)20)7-4-8-16/h2-3,5-6,9H,4,7-8H2,1H3,(H,19,20). The highest BCUT2D eigenvalue weighted by Crippen LogP contribution is 2.39. The predicted octanol–water partition coefficient (Wildman–Crippen LogP) is 2.82. The smallest absolute Gasteiger partial charge is 0.348 e. The zero-order valence-electron chi connectivity index (χ0n) is 11.6. The van der Waals surface area contributed by atoms with Crippen LogP contribution in [0.15, 0.2) is 30.3 Å². The highest BCUT2D eigenvalue weighted by atomic mass is 16.5. The highest BCUT2D eigenvalue weighted by molar-refractivity contribution is 5.97. The summed E-state index contributed by atoms with van der Waals surface area (Å²) in [5.74, 6) is -0.726. The maximum Gasteiger partial charge on any atom is 0.348 e. The topological polar surface area (TPSA) is 76.5 Å². The lowest BCUT2D eigenvalue weighted by atomic mass is 9.80. The molecule has 2 aromatic rings. The largest absolute Gasteiger partial charge is 0.478 e. The Bertz CT molecular complexity index is 734. The summed E-state index contributed by atoms with van der Waals surface area (Å²) in [4.78, 5) is 27.3. The van der Waals surface area contributed by atoms with Gasteiger partial charge in [-0.1, -0.05) is 12.1 Å². The number of ketones is 1. The van der Waals surface area contributed by atoms with Gasteiger partial charge in [0.05, 0.1) is 5.52 Å². The number of fused-ring (bicyclic) bond motifs is 1. The third kappa shape index (κ3) is 2.24. The predicted molar refractivity (Wildman–Crippen MR) is 76.6 cm³/mol. The fourth-order valence-corrected chi connectivity index (χ4v) is 2.48. The number of rotatable bonds is 4. The van der Waals surface area contributed by atoms with E-state index in [1.807, 2.05) is 18.2 Å². The lowest BCUT2D eigenvalue weighted by molar-refractivity contribution is -0.163. The van der Waals surface area contributed by atoms with Crippen molar-refractivity contribution in [3.05, 3.63) is 36.0 Å². The van der Waals surface area contributed by atoms with Gasteiger partial charge in [0.15, 0.2) is 5.78 Å². The van der Waals surface area contributed by atoms with Crippen LogP contribution in [0.2, 0.25) is 0 Å². The molecule has 0 unspecified atom stereocenters. The number of hydrogen-bond donors (Lipinski definition) is 1. The number of carboxylic acid groups (broad SMARTS) is 1. The van der Waals surface area contributed by atoms with Crippen LogP contribution in [-0.2, 0) is 4.79 Å². The Kier molecular flexibility index (Phi) is 3.12. The molecule has 108 valence electrons. The van der Waals surface area contributed by atoms with Crippen molar-refractivity contribution < 1.29 is 19.4 Å². The number of benzene rings is 1. The van der Waals surface area contributed by atoms with Crippen LogP contribution in [-0.4, -0.2) is 27.4 Å². The molecule has 0 amide bonds. The molecule has 0 radical (unpaired) electrons. The van der Waals surface area contributed by atoms with Crippen LogP contribution in [0.4, 0.5) is 0 Å². The summed E-state index contributed by atoms with van der Waals surface area (Å²) in [6.07, 6.45) is 1.79. The number of carbonyl (C=O) groups excluding carboxylic acids is 1. The van der Waals surface area contributed by atoms with Crippen LogP contribution in [0.25, 0.3) is 10.9 Å². The molecule has 1 heterocycles. The van der Waals surface area contributed by atoms with E-state index in [0.717, 1.165) is 11.8 Å². The zero-order valence-corrected chi connectivity index (χ0v) is 11.6. The molecule has 3 rings (SSSR count). The zero-order chi connectivity index (χ0) is 15.0. The van der Waals surface area contributed by atoms with Crippen molar-refractivity contribution in [1.29, 1.82) is 0 Å². The van der Waals surface area contributed by atoms with Gasteiger partial charge in [-0.05, 0) is 31.4 Å². The molecule has 1 fully saturated rings. The summed E-state index contributed by atoms with van der Waals surface area (Å²) in [7, 11) is 0. The fourth-order valence-electron chi connectivity index (χ4n) is 2.48. The quantitative estimate of drug-likeness (QED) is 0.874. The molecule has 1 N–H and O–H groups in total. The highest BCUT2D eigenvalue weighted by Gasteiger charge is 2.47. The number of aliphatic carboxylic acids is 1. The summed E-state index contributed by atoms with van der Waals surface area (Å²) in [5, 5.41) is 10.1. The molecule has 5 heteroatoms. The van der Waals surface area contributed by atoms with Gasteiger partial charge in [-0.2, -0.15) is 0 Å². The third-order valence-corrected chi connectivity index (χ3v) is 3.90. The van der Waals surface area contributed by atoms with E-state index in [-0.39, 0.29) is 11.5 Å². The molecule has 1 aromatic heterocycles. The van der Waals surface area contributed by atoms with Crippen molar-refractivity contribution >= 4 is 22.7 Å². The summed E-state index contributed by atoms with van der Waals surface area (Å²) in [5.41, 5.74) is -0.262. The van der Waals surface area contributed by atoms with Gasteiger partial charge in [0.1, 0.15) is 11.4 Å². The first kappa shape index (κ1) is 13.5. The summed E-state index contributed by atoms with van der Waals surface area (Å²) in [6.45, 7) is 1.43. The molecule has 1 aliphatic rings. The van der Waals surface area contributed by atoms with Crippen molar-refractivity contribution in [2.75, 3.05) is 0 Å². The lowest BCUT2D eigenvalue weighted by Gasteiger charge is -2.37. The number of hydrogen-bond acceptors (Lipinski definition) is 4. The Morgan fingerprint density at radius 2 is 2.00 bits per heavy atom. The second kappa shape index (κ2) is 4.84. The van der Waals surface area contributed by atoms with E-state index in [1.54, 1.807) is 6.07 Å². The van der Waals surface area contributed by atoms with E-state index in [9.17, 15) is 14.7 Å². The van der Waals surface area contributed by atoms with Crippen LogP contribution < -0.4 is 4.74 Å². The van der Waals surface area contributed by atoms with E-state index in [0.29, 0.717) is 24.1 Å². The second-order valence-electron chi connectivity index (χ2n) is 5.33. The number of carbonyl (C=O) groups is 2. The van der Waals surface area contributed by atoms with Crippen molar-refractivity contribution in [3.63, 3.8) is 0 Å². The summed E-state index contributed by atoms with van der Waals surface area (Å²) < 4.78 is 5.81. The summed E-state index contributed by atoms with van der Waals surface area (Å²) >= 11 is 0.